The molecule has 0 saturated heterocycles. The van der Waals surface area contributed by atoms with Crippen LogP contribution in [0.5, 0.6) is 5.75 Å². The number of halogens is 1. The first-order chi connectivity index (χ1) is 12.2. The Morgan fingerprint density at radius 1 is 1.24 bits per heavy atom. The molecule has 25 heavy (non-hydrogen) atoms. The monoisotopic (exact) mass is 358 g/mol. The molecular formula is C16H15ClN6O2. The van der Waals surface area contributed by atoms with Gasteiger partial charge in [0.25, 0.3) is 0 Å². The molecule has 2 heterocycles. The smallest absolute Gasteiger partial charge is 0.242 e. The molecule has 1 aromatic carbocycles. The fourth-order valence-electron chi connectivity index (χ4n) is 2.05. The van der Waals surface area contributed by atoms with Crippen molar-refractivity contribution in [1.29, 1.82) is 0 Å². The van der Waals surface area contributed by atoms with Crippen LogP contribution in [-0.2, 0) is 24.5 Å². The van der Waals surface area contributed by atoms with Gasteiger partial charge < -0.3 is 10.1 Å². The zero-order valence-corrected chi connectivity index (χ0v) is 13.9. The molecule has 0 saturated carbocycles. The largest absolute Gasteiger partial charge is 0.484 e. The lowest BCUT2D eigenvalue weighted by molar-refractivity contribution is -0.122. The van der Waals surface area contributed by atoms with Crippen molar-refractivity contribution in [1.82, 2.24) is 30.5 Å². The van der Waals surface area contributed by atoms with Gasteiger partial charge >= 0.3 is 0 Å². The molecule has 0 aliphatic carbocycles. The van der Waals surface area contributed by atoms with Crippen LogP contribution in [0, 0.1) is 0 Å². The number of rotatable bonds is 7. The molecule has 0 spiro atoms. The summed E-state index contributed by atoms with van der Waals surface area (Å²) >= 11 is 6.04. The molecule has 0 aliphatic rings. The Balaban J connectivity index is 1.54. The molecule has 0 unspecified atom stereocenters. The van der Waals surface area contributed by atoms with Crippen LogP contribution in [0.25, 0.3) is 0 Å². The minimum atomic E-state index is -0.213. The quantitative estimate of drug-likeness (QED) is 0.689. The Hall–Kier alpha value is -3.00. The summed E-state index contributed by atoms with van der Waals surface area (Å²) in [6.07, 6.45) is 3.37. The van der Waals surface area contributed by atoms with E-state index < -0.39 is 0 Å². The van der Waals surface area contributed by atoms with Crippen molar-refractivity contribution in [3.8, 4) is 5.75 Å². The highest BCUT2D eigenvalue weighted by Gasteiger charge is 2.12. The van der Waals surface area contributed by atoms with Gasteiger partial charge in [-0.1, -0.05) is 29.8 Å². The second-order valence-electron chi connectivity index (χ2n) is 5.11. The van der Waals surface area contributed by atoms with E-state index in [4.69, 9.17) is 16.3 Å². The Morgan fingerprint density at radius 3 is 2.92 bits per heavy atom. The van der Waals surface area contributed by atoms with E-state index in [1.807, 2.05) is 24.3 Å². The molecule has 3 aromatic rings. The van der Waals surface area contributed by atoms with Crippen molar-refractivity contribution in [3.05, 3.63) is 65.2 Å². The lowest BCUT2D eigenvalue weighted by Gasteiger charge is -2.08. The molecule has 3 rings (SSSR count). The second kappa shape index (κ2) is 8.20. The van der Waals surface area contributed by atoms with E-state index in [-0.39, 0.29) is 19.1 Å². The number of carbonyl (C=O) groups is 1. The van der Waals surface area contributed by atoms with Crippen LogP contribution >= 0.6 is 11.6 Å². The number of ether oxygens (including phenoxy) is 1. The van der Waals surface area contributed by atoms with Gasteiger partial charge in [-0.2, -0.15) is 0 Å². The Labute approximate surface area is 148 Å². The van der Waals surface area contributed by atoms with Crippen molar-refractivity contribution >= 4 is 17.5 Å². The summed E-state index contributed by atoms with van der Waals surface area (Å²) in [5.74, 6) is 0.742. The van der Waals surface area contributed by atoms with E-state index in [2.05, 4.69) is 25.8 Å². The SMILES string of the molecule is O=C(Cn1nnnc1COc1ccccc1Cl)NCc1cccnc1. The maximum absolute atomic E-state index is 12.1. The number of amides is 1. The van der Waals surface area contributed by atoms with E-state index >= 15 is 0 Å². The Morgan fingerprint density at radius 2 is 2.12 bits per heavy atom. The number of hydrogen-bond donors (Lipinski definition) is 1. The fraction of sp³-hybridized carbons (Fsp3) is 0.188. The molecule has 2 aromatic heterocycles. The molecule has 0 fully saturated rings. The summed E-state index contributed by atoms with van der Waals surface area (Å²) in [7, 11) is 0. The third-order valence-corrected chi connectivity index (χ3v) is 3.62. The summed E-state index contributed by atoms with van der Waals surface area (Å²) in [6.45, 7) is 0.487. The lowest BCUT2D eigenvalue weighted by Crippen LogP contribution is -2.28. The summed E-state index contributed by atoms with van der Waals surface area (Å²) in [4.78, 5) is 16.1. The minimum absolute atomic E-state index is 0.00548. The first-order valence-electron chi connectivity index (χ1n) is 7.50. The average Bonchev–Trinajstić information content (AvgIpc) is 3.07. The van der Waals surface area contributed by atoms with Gasteiger partial charge in [0.15, 0.2) is 5.82 Å². The molecule has 0 radical (unpaired) electrons. The van der Waals surface area contributed by atoms with Gasteiger partial charge in [-0.15, -0.1) is 5.10 Å². The van der Waals surface area contributed by atoms with Gasteiger partial charge in [0.05, 0.1) is 5.02 Å². The van der Waals surface area contributed by atoms with Crippen LogP contribution in [0.4, 0.5) is 0 Å². The molecule has 1 amide bonds. The second-order valence-corrected chi connectivity index (χ2v) is 5.52. The number of nitrogens with zero attached hydrogens (tertiary/aromatic N) is 5. The zero-order valence-electron chi connectivity index (χ0n) is 13.2. The van der Waals surface area contributed by atoms with Crippen molar-refractivity contribution < 1.29 is 9.53 Å². The summed E-state index contributed by atoms with van der Waals surface area (Å²) in [6, 6.07) is 10.8. The predicted octanol–water partition coefficient (Wildman–Crippen LogP) is 1.62. The maximum Gasteiger partial charge on any atom is 0.242 e. The van der Waals surface area contributed by atoms with E-state index in [1.54, 1.807) is 24.5 Å². The number of tetrazole rings is 1. The van der Waals surface area contributed by atoms with Crippen LogP contribution in [0.3, 0.4) is 0 Å². The number of aromatic nitrogens is 5. The zero-order chi connectivity index (χ0) is 17.5. The molecule has 8 nitrogen and oxygen atoms in total. The molecule has 0 aliphatic heterocycles. The molecule has 128 valence electrons. The number of carbonyl (C=O) groups excluding carboxylic acids is 1. The number of pyridine rings is 1. The van der Waals surface area contributed by atoms with Crippen molar-refractivity contribution in [3.63, 3.8) is 0 Å². The van der Waals surface area contributed by atoms with Gasteiger partial charge in [-0.3, -0.25) is 9.78 Å². The average molecular weight is 359 g/mol. The normalized spacial score (nSPS) is 10.4. The topological polar surface area (TPSA) is 94.8 Å². The molecular weight excluding hydrogens is 344 g/mol. The number of benzene rings is 1. The van der Waals surface area contributed by atoms with Gasteiger partial charge in [0.1, 0.15) is 18.9 Å². The van der Waals surface area contributed by atoms with Crippen LogP contribution < -0.4 is 10.1 Å². The number of nitrogens with one attached hydrogen (secondary N) is 1. The van der Waals surface area contributed by atoms with Gasteiger partial charge in [-0.25, -0.2) is 4.68 Å². The predicted molar refractivity (Wildman–Crippen MR) is 89.7 cm³/mol. The number of hydrogen-bond acceptors (Lipinski definition) is 6. The Kier molecular flexibility index (Phi) is 5.53. The van der Waals surface area contributed by atoms with Crippen LogP contribution in [0.2, 0.25) is 5.02 Å². The van der Waals surface area contributed by atoms with E-state index in [9.17, 15) is 4.79 Å². The highest BCUT2D eigenvalue weighted by Crippen LogP contribution is 2.23. The summed E-state index contributed by atoms with van der Waals surface area (Å²) < 4.78 is 6.98. The van der Waals surface area contributed by atoms with Crippen LogP contribution in [0.1, 0.15) is 11.4 Å². The highest BCUT2D eigenvalue weighted by molar-refractivity contribution is 6.32. The lowest BCUT2D eigenvalue weighted by atomic mass is 10.3. The van der Waals surface area contributed by atoms with Gasteiger partial charge in [0.2, 0.25) is 5.91 Å². The highest BCUT2D eigenvalue weighted by atomic mass is 35.5. The van der Waals surface area contributed by atoms with E-state index in [0.717, 1.165) is 5.56 Å². The summed E-state index contributed by atoms with van der Waals surface area (Å²) in [5.41, 5.74) is 0.912. The van der Waals surface area contributed by atoms with E-state index in [0.29, 0.717) is 23.1 Å². The van der Waals surface area contributed by atoms with Gasteiger partial charge in [0, 0.05) is 18.9 Å². The summed E-state index contributed by atoms with van der Waals surface area (Å²) in [5, 5.41) is 14.6. The van der Waals surface area contributed by atoms with Crippen LogP contribution in [-0.4, -0.2) is 31.1 Å². The van der Waals surface area contributed by atoms with Gasteiger partial charge in [-0.05, 0) is 34.2 Å². The van der Waals surface area contributed by atoms with Crippen molar-refractivity contribution in [2.24, 2.45) is 0 Å². The standard InChI is InChI=1S/C16H15ClN6O2/c17-13-5-1-2-6-14(13)25-11-15-20-21-22-23(15)10-16(24)19-9-12-4-3-7-18-8-12/h1-8H,9-11H2,(H,19,24). The first kappa shape index (κ1) is 16.8. The van der Waals surface area contributed by atoms with Crippen molar-refractivity contribution in [2.75, 3.05) is 0 Å². The minimum Gasteiger partial charge on any atom is -0.484 e. The van der Waals surface area contributed by atoms with E-state index in [1.165, 1.54) is 4.68 Å². The molecule has 0 atom stereocenters. The first-order valence-corrected chi connectivity index (χ1v) is 7.88. The number of para-hydroxylation sites is 1. The molecule has 0 bridgehead atoms. The maximum atomic E-state index is 12.1. The third kappa shape index (κ3) is 4.74. The van der Waals surface area contributed by atoms with Crippen LogP contribution in [0.15, 0.2) is 48.8 Å². The fourth-order valence-corrected chi connectivity index (χ4v) is 2.24. The third-order valence-electron chi connectivity index (χ3n) is 3.31. The van der Waals surface area contributed by atoms with Crippen molar-refractivity contribution in [2.45, 2.75) is 19.7 Å². The Bertz CT molecular complexity index is 839. The molecule has 1 N–H and O–H groups in total. The molecule has 9 heteroatoms.